The van der Waals surface area contributed by atoms with Crippen molar-refractivity contribution in [3.8, 4) is 0 Å². The van der Waals surface area contributed by atoms with E-state index in [9.17, 15) is 14.4 Å². The summed E-state index contributed by atoms with van der Waals surface area (Å²) >= 11 is 0. The normalized spacial score (nSPS) is 15.1. The molecule has 1 aromatic carbocycles. The summed E-state index contributed by atoms with van der Waals surface area (Å²) in [6.07, 6.45) is 2.34. The first-order valence-electron chi connectivity index (χ1n) is 10.7. The average molecular weight is 453 g/mol. The van der Waals surface area contributed by atoms with Gasteiger partial charge in [0.1, 0.15) is 17.8 Å². The van der Waals surface area contributed by atoms with Gasteiger partial charge in [0.15, 0.2) is 0 Å². The lowest BCUT2D eigenvalue weighted by molar-refractivity contribution is -0.133. The van der Waals surface area contributed by atoms with E-state index in [1.54, 1.807) is 26.0 Å². The second-order valence-electron chi connectivity index (χ2n) is 7.85. The second kappa shape index (κ2) is 10.6. The SMILES string of the molecule is CCOC=Cc1nc(C(=O)N2CCNC(=O)C2(C)C)ccc1NC(=O)OCc1ccccc1. The van der Waals surface area contributed by atoms with E-state index in [0.29, 0.717) is 31.1 Å². The van der Waals surface area contributed by atoms with Crippen LogP contribution in [0.2, 0.25) is 0 Å². The molecule has 2 aromatic rings. The van der Waals surface area contributed by atoms with Gasteiger partial charge < -0.3 is 19.7 Å². The van der Waals surface area contributed by atoms with Crippen molar-refractivity contribution in [2.75, 3.05) is 25.0 Å². The highest BCUT2D eigenvalue weighted by Crippen LogP contribution is 2.23. The Morgan fingerprint density at radius 3 is 2.70 bits per heavy atom. The molecule has 3 rings (SSSR count). The van der Waals surface area contributed by atoms with E-state index in [0.717, 1.165) is 5.56 Å². The summed E-state index contributed by atoms with van der Waals surface area (Å²) < 4.78 is 10.5. The molecule has 2 heterocycles. The molecular weight excluding hydrogens is 424 g/mol. The summed E-state index contributed by atoms with van der Waals surface area (Å²) in [5.41, 5.74) is 0.686. The Morgan fingerprint density at radius 2 is 1.97 bits per heavy atom. The molecule has 1 aliphatic rings. The fraction of sp³-hybridized carbons (Fsp3) is 0.333. The van der Waals surface area contributed by atoms with Crippen LogP contribution in [0.15, 0.2) is 48.7 Å². The summed E-state index contributed by atoms with van der Waals surface area (Å²) in [7, 11) is 0. The number of rotatable bonds is 7. The van der Waals surface area contributed by atoms with Crippen molar-refractivity contribution in [1.29, 1.82) is 0 Å². The molecule has 174 valence electrons. The molecule has 1 fully saturated rings. The molecule has 1 saturated heterocycles. The largest absolute Gasteiger partial charge is 0.501 e. The first-order chi connectivity index (χ1) is 15.8. The first kappa shape index (κ1) is 23.8. The summed E-state index contributed by atoms with van der Waals surface area (Å²) in [5.74, 6) is -0.600. The maximum Gasteiger partial charge on any atom is 0.412 e. The fourth-order valence-electron chi connectivity index (χ4n) is 3.30. The lowest BCUT2D eigenvalue weighted by atomic mass is 9.98. The van der Waals surface area contributed by atoms with Crippen molar-refractivity contribution in [2.45, 2.75) is 32.9 Å². The lowest BCUT2D eigenvalue weighted by Gasteiger charge is -2.40. The molecule has 0 saturated carbocycles. The molecule has 9 nitrogen and oxygen atoms in total. The summed E-state index contributed by atoms with van der Waals surface area (Å²) in [4.78, 5) is 43.6. The Bertz CT molecular complexity index is 1040. The topological polar surface area (TPSA) is 110 Å². The number of carbonyl (C=O) groups is 3. The monoisotopic (exact) mass is 452 g/mol. The van der Waals surface area contributed by atoms with Crippen LogP contribution in [0.5, 0.6) is 0 Å². The number of piperazine rings is 1. The first-order valence-corrected chi connectivity index (χ1v) is 10.7. The van der Waals surface area contributed by atoms with Crippen molar-refractivity contribution in [1.82, 2.24) is 15.2 Å². The van der Waals surface area contributed by atoms with Gasteiger partial charge in [-0.25, -0.2) is 9.78 Å². The number of benzene rings is 1. The number of aromatic nitrogens is 1. The molecule has 33 heavy (non-hydrogen) atoms. The van der Waals surface area contributed by atoms with E-state index in [4.69, 9.17) is 9.47 Å². The van der Waals surface area contributed by atoms with E-state index in [1.165, 1.54) is 17.2 Å². The van der Waals surface area contributed by atoms with Crippen LogP contribution in [0.3, 0.4) is 0 Å². The maximum atomic E-state index is 13.2. The van der Waals surface area contributed by atoms with Gasteiger partial charge in [0.25, 0.3) is 5.91 Å². The number of amides is 3. The molecule has 9 heteroatoms. The minimum atomic E-state index is -1.00. The average Bonchev–Trinajstić information content (AvgIpc) is 2.81. The number of nitrogens with zero attached hydrogens (tertiary/aromatic N) is 2. The van der Waals surface area contributed by atoms with Gasteiger partial charge in [-0.2, -0.15) is 0 Å². The maximum absolute atomic E-state index is 13.2. The van der Waals surface area contributed by atoms with Crippen LogP contribution in [0.4, 0.5) is 10.5 Å². The molecule has 0 atom stereocenters. The number of pyridine rings is 1. The van der Waals surface area contributed by atoms with E-state index in [1.807, 2.05) is 37.3 Å². The molecule has 3 amide bonds. The molecule has 0 radical (unpaired) electrons. The van der Waals surface area contributed by atoms with Crippen molar-refractivity contribution in [3.05, 3.63) is 65.7 Å². The van der Waals surface area contributed by atoms with Crippen molar-refractivity contribution in [2.24, 2.45) is 0 Å². The van der Waals surface area contributed by atoms with Crippen molar-refractivity contribution in [3.63, 3.8) is 0 Å². The molecule has 1 aromatic heterocycles. The van der Waals surface area contributed by atoms with Crippen LogP contribution in [0.1, 0.15) is 42.5 Å². The highest BCUT2D eigenvalue weighted by atomic mass is 16.5. The predicted octanol–water partition coefficient (Wildman–Crippen LogP) is 3.19. The van der Waals surface area contributed by atoms with Crippen molar-refractivity contribution < 1.29 is 23.9 Å². The quantitative estimate of drug-likeness (QED) is 0.625. The van der Waals surface area contributed by atoms with Crippen LogP contribution in [-0.4, -0.2) is 53.0 Å². The summed E-state index contributed by atoms with van der Waals surface area (Å²) in [6, 6.07) is 12.4. The molecule has 1 aliphatic heterocycles. The zero-order valence-electron chi connectivity index (χ0n) is 19.0. The number of carbonyl (C=O) groups excluding carboxylic acids is 3. The third-order valence-corrected chi connectivity index (χ3v) is 5.18. The number of hydrogen-bond donors (Lipinski definition) is 2. The zero-order valence-corrected chi connectivity index (χ0v) is 19.0. The van der Waals surface area contributed by atoms with Crippen LogP contribution in [-0.2, 0) is 20.9 Å². The molecule has 0 spiro atoms. The smallest absolute Gasteiger partial charge is 0.412 e. The molecular formula is C24H28N4O5. The standard InChI is InChI=1S/C24H28N4O5/c1-4-32-15-12-19-18(27-23(31)33-16-17-8-6-5-7-9-17)10-11-20(26-19)21(29)28-14-13-25-22(30)24(28,2)3/h5-12,15H,4,13-14,16H2,1-3H3,(H,25,30)(H,27,31). The Balaban J connectivity index is 1.79. The molecule has 0 aliphatic carbocycles. The zero-order chi connectivity index (χ0) is 23.8. The van der Waals surface area contributed by atoms with Gasteiger partial charge in [-0.05, 0) is 38.5 Å². The molecule has 0 bridgehead atoms. The highest BCUT2D eigenvalue weighted by molar-refractivity contribution is 5.99. The number of ether oxygens (including phenoxy) is 2. The van der Waals surface area contributed by atoms with Crippen LogP contribution >= 0.6 is 0 Å². The van der Waals surface area contributed by atoms with E-state index in [2.05, 4.69) is 15.6 Å². The van der Waals surface area contributed by atoms with Crippen molar-refractivity contribution >= 4 is 29.7 Å². The number of anilines is 1. The van der Waals surface area contributed by atoms with Crippen LogP contribution in [0, 0.1) is 0 Å². The summed E-state index contributed by atoms with van der Waals surface area (Å²) in [6.45, 7) is 6.53. The van der Waals surface area contributed by atoms with Gasteiger partial charge in [-0.1, -0.05) is 30.3 Å². The van der Waals surface area contributed by atoms with Gasteiger partial charge in [-0.15, -0.1) is 0 Å². The minimum absolute atomic E-state index is 0.118. The Hall–Kier alpha value is -3.88. The van der Waals surface area contributed by atoms with E-state index in [-0.39, 0.29) is 24.1 Å². The van der Waals surface area contributed by atoms with Crippen LogP contribution in [0.25, 0.3) is 6.08 Å². The van der Waals surface area contributed by atoms with Gasteiger partial charge in [0, 0.05) is 19.2 Å². The minimum Gasteiger partial charge on any atom is -0.501 e. The third-order valence-electron chi connectivity index (χ3n) is 5.18. The van der Waals surface area contributed by atoms with Crippen LogP contribution < -0.4 is 10.6 Å². The van der Waals surface area contributed by atoms with E-state index >= 15 is 0 Å². The highest BCUT2D eigenvalue weighted by Gasteiger charge is 2.41. The third kappa shape index (κ3) is 5.88. The van der Waals surface area contributed by atoms with E-state index < -0.39 is 11.6 Å². The van der Waals surface area contributed by atoms with Gasteiger partial charge in [0.05, 0.1) is 24.3 Å². The van der Waals surface area contributed by atoms with Gasteiger partial charge >= 0.3 is 6.09 Å². The Morgan fingerprint density at radius 1 is 1.21 bits per heavy atom. The predicted molar refractivity (Wildman–Crippen MR) is 123 cm³/mol. The fourth-order valence-corrected chi connectivity index (χ4v) is 3.30. The number of hydrogen-bond acceptors (Lipinski definition) is 6. The number of nitrogens with one attached hydrogen (secondary N) is 2. The Kier molecular flexibility index (Phi) is 7.66. The molecule has 0 unspecified atom stereocenters. The second-order valence-corrected chi connectivity index (χ2v) is 7.85. The molecule has 2 N–H and O–H groups in total. The Labute approximate surface area is 192 Å². The van der Waals surface area contributed by atoms with Gasteiger partial charge in [-0.3, -0.25) is 14.9 Å². The lowest BCUT2D eigenvalue weighted by Crippen LogP contribution is -2.63. The van der Waals surface area contributed by atoms with Gasteiger partial charge in [0.2, 0.25) is 5.91 Å². The summed E-state index contributed by atoms with van der Waals surface area (Å²) in [5, 5.41) is 5.42.